The van der Waals surface area contributed by atoms with Gasteiger partial charge in [-0.3, -0.25) is 0 Å². The van der Waals surface area contributed by atoms with Crippen molar-refractivity contribution in [1.82, 2.24) is 10.2 Å². The van der Waals surface area contributed by atoms with E-state index in [0.717, 1.165) is 51.5 Å². The molecular formula is C16H26N2O. The highest BCUT2D eigenvalue weighted by molar-refractivity contribution is 5.37. The normalized spacial score (nSPS) is 18.2. The van der Waals surface area contributed by atoms with Crippen molar-refractivity contribution in [3.63, 3.8) is 0 Å². The van der Waals surface area contributed by atoms with Crippen LogP contribution >= 0.6 is 0 Å². The summed E-state index contributed by atoms with van der Waals surface area (Å²) in [4.78, 5) is 2.54. The average Bonchev–Trinajstić information content (AvgIpc) is 2.46. The third-order valence-electron chi connectivity index (χ3n) is 3.86. The number of benzene rings is 1. The predicted molar refractivity (Wildman–Crippen MR) is 80.0 cm³/mol. The number of para-hydroxylation sites is 1. The molecule has 3 heteroatoms. The van der Waals surface area contributed by atoms with Gasteiger partial charge >= 0.3 is 0 Å². The molecular weight excluding hydrogens is 236 g/mol. The lowest BCUT2D eigenvalue weighted by atomic mass is 9.92. The number of nitrogens with zero attached hydrogens (tertiary/aromatic N) is 1. The van der Waals surface area contributed by atoms with Crippen LogP contribution in [-0.2, 0) is 0 Å². The first kappa shape index (κ1) is 14.4. The lowest BCUT2D eigenvalue weighted by Gasteiger charge is -2.31. The highest BCUT2D eigenvalue weighted by Crippen LogP contribution is 2.33. The van der Waals surface area contributed by atoms with Gasteiger partial charge in [-0.25, -0.2) is 0 Å². The van der Waals surface area contributed by atoms with Crippen LogP contribution in [0.15, 0.2) is 24.3 Å². The Morgan fingerprint density at radius 3 is 2.95 bits per heavy atom. The van der Waals surface area contributed by atoms with E-state index < -0.39 is 0 Å². The van der Waals surface area contributed by atoms with Crippen molar-refractivity contribution in [2.75, 3.05) is 39.3 Å². The zero-order valence-corrected chi connectivity index (χ0v) is 12.2. The number of nitrogens with one attached hydrogen (secondary N) is 1. The molecule has 1 unspecified atom stereocenters. The fourth-order valence-electron chi connectivity index (χ4n) is 2.71. The minimum atomic E-state index is 0.617. The van der Waals surface area contributed by atoms with Crippen molar-refractivity contribution in [3.05, 3.63) is 29.8 Å². The van der Waals surface area contributed by atoms with Gasteiger partial charge in [-0.2, -0.15) is 0 Å². The summed E-state index contributed by atoms with van der Waals surface area (Å²) in [5, 5.41) is 3.40. The van der Waals surface area contributed by atoms with Gasteiger partial charge in [0, 0.05) is 25.6 Å². The van der Waals surface area contributed by atoms with Crippen molar-refractivity contribution in [2.45, 2.75) is 26.2 Å². The minimum Gasteiger partial charge on any atom is -0.493 e. The Hall–Kier alpha value is -1.06. The van der Waals surface area contributed by atoms with Crippen molar-refractivity contribution in [2.24, 2.45) is 0 Å². The van der Waals surface area contributed by atoms with Gasteiger partial charge in [0.15, 0.2) is 0 Å². The van der Waals surface area contributed by atoms with Gasteiger partial charge < -0.3 is 15.0 Å². The molecule has 19 heavy (non-hydrogen) atoms. The average molecular weight is 262 g/mol. The van der Waals surface area contributed by atoms with E-state index in [1.807, 2.05) is 0 Å². The van der Waals surface area contributed by atoms with Crippen LogP contribution in [0.25, 0.3) is 0 Å². The summed E-state index contributed by atoms with van der Waals surface area (Å²) in [5.74, 6) is 1.70. The van der Waals surface area contributed by atoms with Gasteiger partial charge in [-0.15, -0.1) is 0 Å². The largest absolute Gasteiger partial charge is 0.493 e. The molecule has 1 aromatic rings. The van der Waals surface area contributed by atoms with Crippen LogP contribution in [0.5, 0.6) is 5.75 Å². The molecule has 1 aliphatic heterocycles. The van der Waals surface area contributed by atoms with E-state index in [2.05, 4.69) is 48.3 Å². The summed E-state index contributed by atoms with van der Waals surface area (Å²) in [6.07, 6.45) is 1.13. The van der Waals surface area contributed by atoms with E-state index in [1.54, 1.807) is 0 Å². The lowest BCUT2D eigenvalue weighted by molar-refractivity contribution is 0.216. The highest BCUT2D eigenvalue weighted by Gasteiger charge is 2.22. The van der Waals surface area contributed by atoms with Gasteiger partial charge in [0.05, 0.1) is 6.61 Å². The number of ether oxygens (including phenoxy) is 1. The smallest absolute Gasteiger partial charge is 0.122 e. The molecule has 0 spiro atoms. The molecule has 1 atom stereocenters. The van der Waals surface area contributed by atoms with Crippen molar-refractivity contribution in [3.8, 4) is 5.75 Å². The second-order valence-corrected chi connectivity index (χ2v) is 5.12. The monoisotopic (exact) mass is 262 g/mol. The quantitative estimate of drug-likeness (QED) is 0.764. The van der Waals surface area contributed by atoms with E-state index >= 15 is 0 Å². The SMILES string of the molecule is CCNCCN(CC)CC1CCOc2ccccc21. The number of fused-ring (bicyclic) bond motifs is 1. The fourth-order valence-corrected chi connectivity index (χ4v) is 2.71. The molecule has 0 amide bonds. The van der Waals surface area contributed by atoms with Crippen molar-refractivity contribution >= 4 is 0 Å². The molecule has 0 radical (unpaired) electrons. The van der Waals surface area contributed by atoms with Crippen LogP contribution in [0.4, 0.5) is 0 Å². The maximum atomic E-state index is 5.74. The van der Waals surface area contributed by atoms with Crippen LogP contribution in [0.3, 0.4) is 0 Å². The molecule has 1 N–H and O–H groups in total. The van der Waals surface area contributed by atoms with Crippen molar-refractivity contribution in [1.29, 1.82) is 0 Å². The summed E-state index contributed by atoms with van der Waals surface area (Å²) in [5.41, 5.74) is 1.38. The van der Waals surface area contributed by atoms with Gasteiger partial charge in [0.25, 0.3) is 0 Å². The first-order chi connectivity index (χ1) is 9.35. The molecule has 1 aromatic carbocycles. The molecule has 3 nitrogen and oxygen atoms in total. The summed E-state index contributed by atoms with van der Waals surface area (Å²) in [6, 6.07) is 8.49. The third-order valence-corrected chi connectivity index (χ3v) is 3.86. The third kappa shape index (κ3) is 3.95. The first-order valence-electron chi connectivity index (χ1n) is 7.50. The number of hydrogen-bond donors (Lipinski definition) is 1. The fraction of sp³-hybridized carbons (Fsp3) is 0.625. The molecule has 0 saturated carbocycles. The van der Waals surface area contributed by atoms with Crippen LogP contribution in [0.2, 0.25) is 0 Å². The Bertz CT molecular complexity index is 381. The van der Waals surface area contributed by atoms with Gasteiger partial charge in [-0.05, 0) is 31.1 Å². The van der Waals surface area contributed by atoms with Crippen molar-refractivity contribution < 1.29 is 4.74 Å². The molecule has 2 rings (SSSR count). The topological polar surface area (TPSA) is 24.5 Å². The molecule has 106 valence electrons. The first-order valence-corrected chi connectivity index (χ1v) is 7.50. The highest BCUT2D eigenvalue weighted by atomic mass is 16.5. The van der Waals surface area contributed by atoms with Crippen LogP contribution < -0.4 is 10.1 Å². The van der Waals surface area contributed by atoms with Crippen LogP contribution in [0, 0.1) is 0 Å². The predicted octanol–water partition coefficient (Wildman–Crippen LogP) is 2.48. The second-order valence-electron chi connectivity index (χ2n) is 5.12. The van der Waals surface area contributed by atoms with E-state index in [1.165, 1.54) is 5.56 Å². The maximum absolute atomic E-state index is 5.74. The summed E-state index contributed by atoms with van der Waals surface area (Å²) in [7, 11) is 0. The Labute approximate surface area is 116 Å². The zero-order valence-electron chi connectivity index (χ0n) is 12.2. The molecule has 0 fully saturated rings. The van der Waals surface area contributed by atoms with Gasteiger partial charge in [-0.1, -0.05) is 32.0 Å². The minimum absolute atomic E-state index is 0.617. The van der Waals surface area contributed by atoms with Gasteiger partial charge in [0.2, 0.25) is 0 Å². The summed E-state index contributed by atoms with van der Waals surface area (Å²) < 4.78 is 5.74. The van der Waals surface area contributed by atoms with Crippen LogP contribution in [-0.4, -0.2) is 44.2 Å². The van der Waals surface area contributed by atoms with E-state index in [-0.39, 0.29) is 0 Å². The molecule has 1 aliphatic rings. The Balaban J connectivity index is 1.94. The van der Waals surface area contributed by atoms with E-state index in [0.29, 0.717) is 5.92 Å². The van der Waals surface area contributed by atoms with E-state index in [4.69, 9.17) is 4.74 Å². The Morgan fingerprint density at radius 2 is 2.16 bits per heavy atom. The molecule has 0 aromatic heterocycles. The number of likely N-dealkylation sites (N-methyl/N-ethyl adjacent to an activating group) is 2. The Kier molecular flexibility index (Phi) is 5.67. The van der Waals surface area contributed by atoms with Gasteiger partial charge in [0.1, 0.15) is 5.75 Å². The zero-order chi connectivity index (χ0) is 13.5. The standard InChI is InChI=1S/C16H26N2O/c1-3-17-10-11-18(4-2)13-14-9-12-19-16-8-6-5-7-15(14)16/h5-8,14,17H,3-4,9-13H2,1-2H3. The molecule has 0 bridgehead atoms. The molecule has 0 aliphatic carbocycles. The van der Waals surface area contributed by atoms with Crippen LogP contribution in [0.1, 0.15) is 31.7 Å². The lowest BCUT2D eigenvalue weighted by Crippen LogP contribution is -2.36. The molecule has 0 saturated heterocycles. The second kappa shape index (κ2) is 7.51. The Morgan fingerprint density at radius 1 is 1.32 bits per heavy atom. The maximum Gasteiger partial charge on any atom is 0.122 e. The van der Waals surface area contributed by atoms with E-state index in [9.17, 15) is 0 Å². The number of hydrogen-bond acceptors (Lipinski definition) is 3. The molecule has 1 heterocycles. The summed E-state index contributed by atoms with van der Waals surface area (Å²) in [6.45, 7) is 10.8. The summed E-state index contributed by atoms with van der Waals surface area (Å²) >= 11 is 0. The number of rotatable bonds is 7.